The molecule has 1 atom stereocenters. The molecule has 0 aliphatic carbocycles. The minimum absolute atomic E-state index is 0.470. The predicted molar refractivity (Wildman–Crippen MR) is 67.6 cm³/mol. The Balaban J connectivity index is 2.90. The van der Waals surface area contributed by atoms with Gasteiger partial charge in [0.25, 0.3) is 0 Å². The summed E-state index contributed by atoms with van der Waals surface area (Å²) in [5.74, 6) is 0.0237. The van der Waals surface area contributed by atoms with Crippen molar-refractivity contribution in [1.82, 2.24) is 4.90 Å². The highest BCUT2D eigenvalue weighted by molar-refractivity contribution is 8.00. The molecule has 2 amide bonds. The number of hydrogen-bond donors (Lipinski definition) is 1. The Kier molecular flexibility index (Phi) is 3.66. The third-order valence-electron chi connectivity index (χ3n) is 2.40. The summed E-state index contributed by atoms with van der Waals surface area (Å²) in [6.07, 6.45) is -0.490. The van der Waals surface area contributed by atoms with Gasteiger partial charge in [-0.25, -0.2) is 4.79 Å². The number of carbonyl (C=O) groups is 2. The maximum Gasteiger partial charge on any atom is 0.412 e. The van der Waals surface area contributed by atoms with Gasteiger partial charge in [-0.1, -0.05) is 0 Å². The molecule has 0 aromatic carbocycles. The number of rotatable bonds is 1. The summed E-state index contributed by atoms with van der Waals surface area (Å²) in [6, 6.07) is -0.593. The van der Waals surface area contributed by atoms with Gasteiger partial charge in [-0.2, -0.15) is 0 Å². The van der Waals surface area contributed by atoms with Crippen LogP contribution in [0.2, 0.25) is 0 Å². The zero-order valence-electron chi connectivity index (χ0n) is 10.9. The quantitative estimate of drug-likeness (QED) is 0.776. The van der Waals surface area contributed by atoms with Gasteiger partial charge in [-0.15, -0.1) is 11.8 Å². The minimum Gasteiger partial charge on any atom is -0.444 e. The van der Waals surface area contributed by atoms with Crippen LogP contribution in [0.15, 0.2) is 0 Å². The molecular weight excluding hydrogens is 240 g/mol. The summed E-state index contributed by atoms with van der Waals surface area (Å²) in [5, 5.41) is 0. The van der Waals surface area contributed by atoms with Crippen molar-refractivity contribution in [3.63, 3.8) is 0 Å². The minimum atomic E-state index is -0.593. The van der Waals surface area contributed by atoms with Gasteiger partial charge in [-0.3, -0.25) is 9.69 Å². The van der Waals surface area contributed by atoms with Crippen molar-refractivity contribution in [2.45, 2.75) is 51.1 Å². The molecular formula is C11H20N2O3S. The van der Waals surface area contributed by atoms with Gasteiger partial charge in [0.1, 0.15) is 11.6 Å². The Bertz CT molecular complexity index is 336. The molecule has 1 rings (SSSR count). The Hall–Kier alpha value is -0.910. The second-order valence-corrected chi connectivity index (χ2v) is 7.15. The number of carbonyl (C=O) groups excluding carboxylic acids is 2. The molecule has 0 aromatic heterocycles. The van der Waals surface area contributed by atoms with Crippen LogP contribution < -0.4 is 5.73 Å². The van der Waals surface area contributed by atoms with Crippen LogP contribution >= 0.6 is 11.8 Å². The normalized spacial score (nSPS) is 23.6. The molecule has 17 heavy (non-hydrogen) atoms. The molecule has 5 nitrogen and oxygen atoms in total. The molecule has 0 aromatic rings. The van der Waals surface area contributed by atoms with E-state index >= 15 is 0 Å². The summed E-state index contributed by atoms with van der Waals surface area (Å²) in [4.78, 5) is 24.4. The number of nitrogens with two attached hydrogens (primary N) is 1. The van der Waals surface area contributed by atoms with Gasteiger partial charge < -0.3 is 10.5 Å². The zero-order chi connectivity index (χ0) is 13.4. The lowest BCUT2D eigenvalue weighted by atomic mass is 10.2. The van der Waals surface area contributed by atoms with Crippen LogP contribution in [0.5, 0.6) is 0 Å². The standard InChI is InChI=1S/C11H20N2O3S/c1-10(2,3)16-9(15)13-7(8(12)14)6-17-11(13,4)5/h7H,6H2,1-5H3,(H2,12,14)/t7-/m0/s1. The first-order chi connectivity index (χ1) is 7.54. The molecule has 0 bridgehead atoms. The number of hydrogen-bond acceptors (Lipinski definition) is 4. The first-order valence-corrected chi connectivity index (χ1v) is 6.49. The second kappa shape index (κ2) is 4.40. The molecule has 0 spiro atoms. The third kappa shape index (κ3) is 3.28. The Morgan fingerprint density at radius 1 is 1.41 bits per heavy atom. The molecule has 1 heterocycles. The van der Waals surface area contributed by atoms with E-state index in [4.69, 9.17) is 10.5 Å². The molecule has 0 unspecified atom stereocenters. The average molecular weight is 260 g/mol. The van der Waals surface area contributed by atoms with Crippen LogP contribution in [0.4, 0.5) is 4.79 Å². The predicted octanol–water partition coefficient (Wildman–Crippen LogP) is 1.56. The zero-order valence-corrected chi connectivity index (χ0v) is 11.8. The second-order valence-electron chi connectivity index (χ2n) is 5.53. The van der Waals surface area contributed by atoms with Crippen molar-refractivity contribution >= 4 is 23.8 Å². The molecule has 1 aliphatic rings. The van der Waals surface area contributed by atoms with E-state index in [1.165, 1.54) is 16.7 Å². The van der Waals surface area contributed by atoms with Crippen molar-refractivity contribution < 1.29 is 14.3 Å². The molecule has 0 saturated carbocycles. The van der Waals surface area contributed by atoms with Crippen molar-refractivity contribution in [3.8, 4) is 0 Å². The van der Waals surface area contributed by atoms with E-state index in [-0.39, 0.29) is 0 Å². The lowest BCUT2D eigenvalue weighted by Gasteiger charge is -2.34. The highest BCUT2D eigenvalue weighted by Gasteiger charge is 2.47. The van der Waals surface area contributed by atoms with Crippen molar-refractivity contribution in [3.05, 3.63) is 0 Å². The smallest absolute Gasteiger partial charge is 0.412 e. The van der Waals surface area contributed by atoms with E-state index in [2.05, 4.69) is 0 Å². The Morgan fingerprint density at radius 3 is 2.35 bits per heavy atom. The van der Waals surface area contributed by atoms with Gasteiger partial charge >= 0.3 is 6.09 Å². The lowest BCUT2D eigenvalue weighted by Crippen LogP contribution is -2.53. The van der Waals surface area contributed by atoms with Crippen molar-refractivity contribution in [1.29, 1.82) is 0 Å². The lowest BCUT2D eigenvalue weighted by molar-refractivity contribution is -0.123. The summed E-state index contributed by atoms with van der Waals surface area (Å²) in [7, 11) is 0. The van der Waals surface area contributed by atoms with Crippen molar-refractivity contribution in [2.24, 2.45) is 5.73 Å². The highest BCUT2D eigenvalue weighted by atomic mass is 32.2. The maximum absolute atomic E-state index is 12.1. The first kappa shape index (κ1) is 14.2. The summed E-state index contributed by atoms with van der Waals surface area (Å²) in [5.41, 5.74) is 4.73. The largest absolute Gasteiger partial charge is 0.444 e. The van der Waals surface area contributed by atoms with Gasteiger partial charge in [0.05, 0.1) is 4.87 Å². The molecule has 98 valence electrons. The molecule has 1 aliphatic heterocycles. The van der Waals surface area contributed by atoms with Crippen molar-refractivity contribution in [2.75, 3.05) is 5.75 Å². The fourth-order valence-electron chi connectivity index (χ4n) is 1.67. The van der Waals surface area contributed by atoms with Gasteiger partial charge in [0.2, 0.25) is 5.91 Å². The average Bonchev–Trinajstić information content (AvgIpc) is 2.37. The monoisotopic (exact) mass is 260 g/mol. The highest BCUT2D eigenvalue weighted by Crippen LogP contribution is 2.39. The number of nitrogens with zero attached hydrogens (tertiary/aromatic N) is 1. The van der Waals surface area contributed by atoms with Gasteiger partial charge in [0.15, 0.2) is 0 Å². The van der Waals surface area contributed by atoms with E-state index in [0.717, 1.165) is 0 Å². The number of primary amides is 1. The third-order valence-corrected chi connectivity index (χ3v) is 3.79. The summed E-state index contributed by atoms with van der Waals surface area (Å²) in [6.45, 7) is 9.14. The first-order valence-electron chi connectivity index (χ1n) is 5.50. The Morgan fingerprint density at radius 2 is 1.94 bits per heavy atom. The fourth-order valence-corrected chi connectivity index (χ4v) is 2.89. The summed E-state index contributed by atoms with van der Waals surface area (Å²) >= 11 is 1.52. The Labute approximate surface area is 106 Å². The molecule has 0 radical (unpaired) electrons. The van der Waals surface area contributed by atoms with Crippen LogP contribution in [0, 0.1) is 0 Å². The van der Waals surface area contributed by atoms with E-state index in [9.17, 15) is 9.59 Å². The molecule has 1 saturated heterocycles. The molecule has 6 heteroatoms. The maximum atomic E-state index is 12.1. The summed E-state index contributed by atoms with van der Waals surface area (Å²) < 4.78 is 5.30. The van der Waals surface area contributed by atoms with Crippen LogP contribution in [-0.4, -0.2) is 39.2 Å². The number of amides is 2. The van der Waals surface area contributed by atoms with E-state index in [1.54, 1.807) is 20.8 Å². The molecule has 1 fully saturated rings. The SMILES string of the molecule is CC(C)(C)OC(=O)N1[C@H](C(N)=O)CSC1(C)C. The van der Waals surface area contributed by atoms with Crippen LogP contribution in [0.25, 0.3) is 0 Å². The van der Waals surface area contributed by atoms with Crippen LogP contribution in [0.3, 0.4) is 0 Å². The number of thioether (sulfide) groups is 1. The van der Waals surface area contributed by atoms with E-state index in [0.29, 0.717) is 5.75 Å². The van der Waals surface area contributed by atoms with Crippen LogP contribution in [0.1, 0.15) is 34.6 Å². The fraction of sp³-hybridized carbons (Fsp3) is 0.818. The molecule has 2 N–H and O–H groups in total. The van der Waals surface area contributed by atoms with E-state index < -0.39 is 28.5 Å². The van der Waals surface area contributed by atoms with Gasteiger partial charge in [0, 0.05) is 5.75 Å². The van der Waals surface area contributed by atoms with Gasteiger partial charge in [-0.05, 0) is 34.6 Å². The van der Waals surface area contributed by atoms with Crippen LogP contribution in [-0.2, 0) is 9.53 Å². The number of ether oxygens (including phenoxy) is 1. The topological polar surface area (TPSA) is 72.6 Å². The van der Waals surface area contributed by atoms with E-state index in [1.807, 2.05) is 13.8 Å².